The zero-order chi connectivity index (χ0) is 14.8. The van der Waals surface area contributed by atoms with Crippen molar-refractivity contribution >= 4 is 11.6 Å². The van der Waals surface area contributed by atoms with Crippen LogP contribution in [0.15, 0.2) is 0 Å². The van der Waals surface area contributed by atoms with E-state index in [4.69, 9.17) is 0 Å². The molecule has 116 valence electrons. The summed E-state index contributed by atoms with van der Waals surface area (Å²) < 4.78 is 0. The van der Waals surface area contributed by atoms with Crippen molar-refractivity contribution in [2.45, 2.75) is 52.4 Å². The molecule has 1 heterocycles. The molecule has 20 heavy (non-hydrogen) atoms. The number of carbonyl (C=O) groups is 2. The van der Waals surface area contributed by atoms with E-state index in [0.717, 1.165) is 77.8 Å². The van der Waals surface area contributed by atoms with Crippen LogP contribution in [-0.4, -0.2) is 60.6 Å². The van der Waals surface area contributed by atoms with Crippen LogP contribution in [0.4, 0.5) is 0 Å². The predicted octanol–water partition coefficient (Wildman–Crippen LogP) is 2.12. The molecule has 0 saturated carbocycles. The van der Waals surface area contributed by atoms with E-state index in [9.17, 15) is 9.59 Å². The Labute approximate surface area is 123 Å². The first-order valence-corrected chi connectivity index (χ1v) is 8.01. The highest BCUT2D eigenvalue weighted by atomic mass is 16.1. The van der Waals surface area contributed by atoms with Crippen molar-refractivity contribution in [3.63, 3.8) is 0 Å². The summed E-state index contributed by atoms with van der Waals surface area (Å²) in [7, 11) is 0. The van der Waals surface area contributed by atoms with E-state index in [0.29, 0.717) is 11.6 Å². The van der Waals surface area contributed by atoms with E-state index in [1.807, 2.05) is 0 Å². The molecule has 4 heteroatoms. The van der Waals surface area contributed by atoms with Gasteiger partial charge < -0.3 is 19.4 Å². The largest absolute Gasteiger partial charge is 0.301 e. The van der Waals surface area contributed by atoms with Gasteiger partial charge in [-0.1, -0.05) is 0 Å². The molecule has 0 radical (unpaired) electrons. The smallest absolute Gasteiger partial charge is 0.129 e. The minimum absolute atomic E-state index is 0.306. The second kappa shape index (κ2) is 10.1. The lowest BCUT2D eigenvalue weighted by Crippen LogP contribution is -2.46. The highest BCUT2D eigenvalue weighted by Gasteiger charge is 2.15. The fourth-order valence-electron chi connectivity index (χ4n) is 2.66. The van der Waals surface area contributed by atoms with Crippen molar-refractivity contribution in [3.8, 4) is 0 Å². The lowest BCUT2D eigenvalue weighted by Gasteiger charge is -2.34. The maximum Gasteiger partial charge on any atom is 0.129 e. The number of Topliss-reactive ketones (excluding diaryl/α,β-unsaturated/α-hetero) is 2. The van der Waals surface area contributed by atoms with Gasteiger partial charge in [-0.15, -0.1) is 0 Å². The molecule has 1 aliphatic rings. The number of rotatable bonds is 10. The third kappa shape index (κ3) is 8.43. The molecule has 0 aliphatic carbocycles. The van der Waals surface area contributed by atoms with E-state index < -0.39 is 0 Å². The minimum atomic E-state index is 0.306. The van der Waals surface area contributed by atoms with Gasteiger partial charge in [0.25, 0.3) is 0 Å². The molecule has 0 aromatic heterocycles. The van der Waals surface area contributed by atoms with Gasteiger partial charge in [0.1, 0.15) is 11.6 Å². The topological polar surface area (TPSA) is 40.6 Å². The van der Waals surface area contributed by atoms with E-state index in [1.54, 1.807) is 13.8 Å². The Morgan fingerprint density at radius 2 is 1.05 bits per heavy atom. The Hall–Kier alpha value is -0.740. The molecular weight excluding hydrogens is 252 g/mol. The molecule has 0 bridgehead atoms. The summed E-state index contributed by atoms with van der Waals surface area (Å²) in [6.07, 6.45) is 5.80. The quantitative estimate of drug-likeness (QED) is 0.576. The van der Waals surface area contributed by atoms with Crippen molar-refractivity contribution in [2.24, 2.45) is 0 Å². The Morgan fingerprint density at radius 3 is 1.35 bits per heavy atom. The Balaban J connectivity index is 1.99. The molecule has 4 nitrogen and oxygen atoms in total. The molecule has 0 aromatic rings. The number of hydrogen-bond acceptors (Lipinski definition) is 4. The molecule has 0 atom stereocenters. The van der Waals surface area contributed by atoms with Gasteiger partial charge >= 0.3 is 0 Å². The van der Waals surface area contributed by atoms with Crippen LogP contribution in [-0.2, 0) is 9.59 Å². The molecule has 0 spiro atoms. The first-order valence-electron chi connectivity index (χ1n) is 8.01. The summed E-state index contributed by atoms with van der Waals surface area (Å²) in [5.74, 6) is 0.612. The third-order valence-electron chi connectivity index (χ3n) is 3.97. The third-order valence-corrected chi connectivity index (χ3v) is 3.97. The van der Waals surface area contributed by atoms with E-state index in [1.165, 1.54) is 0 Å². The van der Waals surface area contributed by atoms with Gasteiger partial charge in [0, 0.05) is 39.0 Å². The first-order chi connectivity index (χ1) is 9.58. The van der Waals surface area contributed by atoms with Gasteiger partial charge in [-0.25, -0.2) is 0 Å². The van der Waals surface area contributed by atoms with Gasteiger partial charge in [0.05, 0.1) is 0 Å². The summed E-state index contributed by atoms with van der Waals surface area (Å²) in [6.45, 7) is 10.2. The van der Waals surface area contributed by atoms with E-state index >= 15 is 0 Å². The van der Waals surface area contributed by atoms with E-state index in [-0.39, 0.29) is 0 Å². The highest BCUT2D eigenvalue weighted by molar-refractivity contribution is 5.75. The Morgan fingerprint density at radius 1 is 0.700 bits per heavy atom. The SMILES string of the molecule is CC(=O)CCCCN1CCN(CCCCC(C)=O)CC1. The van der Waals surface area contributed by atoms with Crippen molar-refractivity contribution in [3.05, 3.63) is 0 Å². The summed E-state index contributed by atoms with van der Waals surface area (Å²) in [5, 5.41) is 0. The Bertz CT molecular complexity index is 267. The fraction of sp³-hybridized carbons (Fsp3) is 0.875. The highest BCUT2D eigenvalue weighted by Crippen LogP contribution is 2.07. The van der Waals surface area contributed by atoms with Crippen molar-refractivity contribution in [1.82, 2.24) is 9.80 Å². The van der Waals surface area contributed by atoms with Gasteiger partial charge in [-0.2, -0.15) is 0 Å². The maximum absolute atomic E-state index is 10.9. The van der Waals surface area contributed by atoms with Gasteiger partial charge in [-0.3, -0.25) is 0 Å². The number of carbonyl (C=O) groups excluding carboxylic acids is 2. The van der Waals surface area contributed by atoms with Gasteiger partial charge in [0.15, 0.2) is 0 Å². The lowest BCUT2D eigenvalue weighted by molar-refractivity contribution is -0.118. The van der Waals surface area contributed by atoms with Crippen molar-refractivity contribution in [1.29, 1.82) is 0 Å². The fourth-order valence-corrected chi connectivity index (χ4v) is 2.66. The van der Waals surface area contributed by atoms with Crippen LogP contribution >= 0.6 is 0 Å². The molecule has 1 saturated heterocycles. The van der Waals surface area contributed by atoms with Crippen LogP contribution in [0, 0.1) is 0 Å². The summed E-state index contributed by atoms with van der Waals surface area (Å²) in [6, 6.07) is 0. The van der Waals surface area contributed by atoms with E-state index in [2.05, 4.69) is 9.80 Å². The summed E-state index contributed by atoms with van der Waals surface area (Å²) in [4.78, 5) is 26.7. The van der Waals surface area contributed by atoms with Crippen LogP contribution < -0.4 is 0 Å². The van der Waals surface area contributed by atoms with Crippen LogP contribution in [0.2, 0.25) is 0 Å². The number of nitrogens with zero attached hydrogens (tertiary/aromatic N) is 2. The molecule has 0 aromatic carbocycles. The maximum atomic E-state index is 10.9. The summed E-state index contributed by atoms with van der Waals surface area (Å²) >= 11 is 0. The summed E-state index contributed by atoms with van der Waals surface area (Å²) in [5.41, 5.74) is 0. The first kappa shape index (κ1) is 17.3. The van der Waals surface area contributed by atoms with Gasteiger partial charge in [-0.05, 0) is 52.6 Å². The monoisotopic (exact) mass is 282 g/mol. The molecule has 0 N–H and O–H groups in total. The van der Waals surface area contributed by atoms with Crippen LogP contribution in [0.3, 0.4) is 0 Å². The zero-order valence-corrected chi connectivity index (χ0v) is 13.2. The standard InChI is InChI=1S/C16H30N2O2/c1-15(19)7-3-5-9-17-11-13-18(14-12-17)10-6-4-8-16(2)20/h3-14H2,1-2H3. The molecule has 1 rings (SSSR count). The Kier molecular flexibility index (Phi) is 8.70. The minimum Gasteiger partial charge on any atom is -0.301 e. The van der Waals surface area contributed by atoms with Crippen LogP contribution in [0.5, 0.6) is 0 Å². The normalized spacial score (nSPS) is 17.3. The average Bonchev–Trinajstić information content (AvgIpc) is 2.41. The van der Waals surface area contributed by atoms with Crippen molar-refractivity contribution < 1.29 is 9.59 Å². The van der Waals surface area contributed by atoms with Crippen molar-refractivity contribution in [2.75, 3.05) is 39.3 Å². The second-order valence-electron chi connectivity index (χ2n) is 6.00. The number of hydrogen-bond donors (Lipinski definition) is 0. The number of unbranched alkanes of at least 4 members (excludes halogenated alkanes) is 2. The number of ketones is 2. The number of piperazine rings is 1. The average molecular weight is 282 g/mol. The zero-order valence-electron chi connectivity index (χ0n) is 13.2. The van der Waals surface area contributed by atoms with Gasteiger partial charge in [0.2, 0.25) is 0 Å². The molecule has 0 unspecified atom stereocenters. The molecule has 0 amide bonds. The van der Waals surface area contributed by atoms with Crippen LogP contribution in [0.1, 0.15) is 52.4 Å². The predicted molar refractivity (Wildman–Crippen MR) is 81.9 cm³/mol. The molecule has 1 fully saturated rings. The lowest BCUT2D eigenvalue weighted by atomic mass is 10.1. The molecular formula is C16H30N2O2. The molecule has 1 aliphatic heterocycles. The second-order valence-corrected chi connectivity index (χ2v) is 6.00. The van der Waals surface area contributed by atoms with Crippen LogP contribution in [0.25, 0.3) is 0 Å².